The molecule has 0 heterocycles. The average Bonchev–Trinajstić information content (AvgIpc) is 2.49. The maximum Gasteiger partial charge on any atom is 0.148 e. The molecule has 0 bridgehead atoms. The van der Waals surface area contributed by atoms with Crippen LogP contribution in [0.25, 0.3) is 0 Å². The van der Waals surface area contributed by atoms with Gasteiger partial charge in [-0.3, -0.25) is 0 Å². The largest absolute Gasteiger partial charge is 0.381 e. The molecule has 0 aliphatic carbocycles. The van der Waals surface area contributed by atoms with Crippen LogP contribution >= 0.6 is 48.9 Å². The zero-order valence-corrected chi connectivity index (χ0v) is 15.1. The van der Waals surface area contributed by atoms with Crippen molar-refractivity contribution in [1.82, 2.24) is 21.3 Å². The van der Waals surface area contributed by atoms with Crippen molar-refractivity contribution in [2.75, 3.05) is 28.2 Å². The van der Waals surface area contributed by atoms with E-state index in [0.717, 1.165) is 0 Å². The fourth-order valence-electron chi connectivity index (χ4n) is 1.71. The minimum Gasteiger partial charge on any atom is -0.381 e. The first-order valence-electron chi connectivity index (χ1n) is 5.64. The highest BCUT2D eigenvalue weighted by Gasteiger charge is 2.57. The predicted octanol–water partition coefficient (Wildman–Crippen LogP) is -1.43. The second-order valence-corrected chi connectivity index (χ2v) is 5.57. The zero-order valence-electron chi connectivity index (χ0n) is 11.8. The van der Waals surface area contributed by atoms with Crippen molar-refractivity contribution in [2.24, 2.45) is 11.5 Å². The minimum absolute atomic E-state index is 0.231. The van der Waals surface area contributed by atoms with E-state index in [1.54, 1.807) is 28.2 Å². The van der Waals surface area contributed by atoms with Crippen molar-refractivity contribution < 1.29 is 0 Å². The summed E-state index contributed by atoms with van der Waals surface area (Å²) >= 11 is 21.2. The fourth-order valence-corrected chi connectivity index (χ4v) is 2.89. The summed E-state index contributed by atoms with van der Waals surface area (Å²) in [5.74, 6) is 0. The lowest BCUT2D eigenvalue weighted by molar-refractivity contribution is 0.570. The number of likely N-dealkylation sites (N-methyl/N-ethyl adjacent to an activating group) is 4. The topological polar surface area (TPSA) is 100 Å². The minimum atomic E-state index is -1.47. The van der Waals surface area contributed by atoms with Gasteiger partial charge in [0.1, 0.15) is 31.0 Å². The van der Waals surface area contributed by atoms with E-state index in [4.69, 9.17) is 60.3 Å². The Morgan fingerprint density at radius 1 is 0.600 bits per heavy atom. The van der Waals surface area contributed by atoms with Crippen LogP contribution in [0.15, 0.2) is 0 Å². The number of hydrogen-bond acceptors (Lipinski definition) is 6. The van der Waals surface area contributed by atoms with Crippen LogP contribution in [0, 0.1) is 0 Å². The Morgan fingerprint density at radius 2 is 0.750 bits per heavy atom. The number of rotatable bonds is 5. The Balaban J connectivity index is 6.31. The first-order valence-corrected chi connectivity index (χ1v) is 7.28. The Hall–Kier alpha value is -0.520. The summed E-state index contributed by atoms with van der Waals surface area (Å²) in [6.07, 6.45) is 0. The van der Waals surface area contributed by atoms with Crippen LogP contribution in [0.3, 0.4) is 0 Å². The third-order valence-corrected chi connectivity index (χ3v) is 5.07. The van der Waals surface area contributed by atoms with Crippen molar-refractivity contribution in [3.05, 3.63) is 0 Å². The van der Waals surface area contributed by atoms with Crippen LogP contribution in [0.2, 0.25) is 0 Å². The SMILES string of the molecule is CNC(=S)C(N)(C(=S)NC)C(N)(C(=S)NC)C(=S)NC. The Bertz CT molecular complexity index is 363. The van der Waals surface area contributed by atoms with Gasteiger partial charge in [-0.25, -0.2) is 0 Å². The molecule has 0 rings (SSSR count). The smallest absolute Gasteiger partial charge is 0.148 e. The van der Waals surface area contributed by atoms with Crippen molar-refractivity contribution in [3.63, 3.8) is 0 Å². The van der Waals surface area contributed by atoms with Gasteiger partial charge in [-0.05, 0) is 0 Å². The fraction of sp³-hybridized carbons (Fsp3) is 0.600. The van der Waals surface area contributed by atoms with Gasteiger partial charge >= 0.3 is 0 Å². The molecule has 0 fully saturated rings. The van der Waals surface area contributed by atoms with Crippen LogP contribution in [-0.2, 0) is 0 Å². The van der Waals surface area contributed by atoms with Crippen LogP contribution in [0.1, 0.15) is 0 Å². The molecule has 0 saturated carbocycles. The maximum absolute atomic E-state index is 6.45. The van der Waals surface area contributed by atoms with Gasteiger partial charge in [0.15, 0.2) is 0 Å². The molecule has 0 amide bonds. The normalized spacial score (nSPS) is 11.3. The third-order valence-electron chi connectivity index (χ3n) is 2.96. The highest BCUT2D eigenvalue weighted by Crippen LogP contribution is 2.23. The summed E-state index contributed by atoms with van der Waals surface area (Å²) < 4.78 is 0. The van der Waals surface area contributed by atoms with E-state index in [-0.39, 0.29) is 20.0 Å². The average molecular weight is 353 g/mol. The molecule has 0 unspecified atom stereocenters. The molecule has 114 valence electrons. The van der Waals surface area contributed by atoms with Crippen molar-refractivity contribution in [2.45, 2.75) is 11.1 Å². The van der Waals surface area contributed by atoms with Gasteiger partial charge in [-0.1, -0.05) is 48.9 Å². The van der Waals surface area contributed by atoms with Crippen molar-refractivity contribution >= 4 is 68.8 Å². The molecule has 0 aromatic heterocycles. The van der Waals surface area contributed by atoms with E-state index in [1.807, 2.05) is 0 Å². The molecular weight excluding hydrogens is 332 g/mol. The molecule has 20 heavy (non-hydrogen) atoms. The van der Waals surface area contributed by atoms with E-state index in [9.17, 15) is 0 Å². The van der Waals surface area contributed by atoms with E-state index >= 15 is 0 Å². The summed E-state index contributed by atoms with van der Waals surface area (Å²) in [5, 5.41) is 11.2. The Morgan fingerprint density at radius 3 is 0.850 bits per heavy atom. The van der Waals surface area contributed by atoms with E-state index < -0.39 is 11.1 Å². The predicted molar refractivity (Wildman–Crippen MR) is 100 cm³/mol. The Kier molecular flexibility index (Phi) is 7.28. The van der Waals surface area contributed by atoms with Crippen LogP contribution in [-0.4, -0.2) is 59.2 Å². The summed E-state index contributed by atoms with van der Waals surface area (Å²) in [6, 6.07) is 0. The lowest BCUT2D eigenvalue weighted by Gasteiger charge is -2.46. The van der Waals surface area contributed by atoms with Crippen molar-refractivity contribution in [3.8, 4) is 0 Å². The van der Waals surface area contributed by atoms with Gasteiger partial charge < -0.3 is 32.7 Å². The molecule has 0 aliphatic heterocycles. The summed E-state index contributed by atoms with van der Waals surface area (Å²) in [6.45, 7) is 0. The summed E-state index contributed by atoms with van der Waals surface area (Å²) in [4.78, 5) is 0.924. The van der Waals surface area contributed by atoms with Gasteiger partial charge in [0.05, 0.1) is 0 Å². The molecule has 0 radical (unpaired) electrons. The molecule has 6 nitrogen and oxygen atoms in total. The number of thiocarbonyl (C=S) groups is 4. The molecule has 0 aliphatic rings. The number of hydrogen-bond donors (Lipinski definition) is 6. The molecule has 0 atom stereocenters. The summed E-state index contributed by atoms with van der Waals surface area (Å²) in [7, 11) is 6.53. The highest BCUT2D eigenvalue weighted by atomic mass is 32.1. The van der Waals surface area contributed by atoms with E-state index in [1.165, 1.54) is 0 Å². The first kappa shape index (κ1) is 19.5. The van der Waals surface area contributed by atoms with Gasteiger partial charge in [0.2, 0.25) is 0 Å². The van der Waals surface area contributed by atoms with E-state index in [2.05, 4.69) is 21.3 Å². The molecule has 10 heteroatoms. The van der Waals surface area contributed by atoms with Gasteiger partial charge in [-0.15, -0.1) is 0 Å². The van der Waals surface area contributed by atoms with Crippen LogP contribution in [0.4, 0.5) is 0 Å². The quantitative estimate of drug-likeness (QED) is 0.330. The highest BCUT2D eigenvalue weighted by molar-refractivity contribution is 7.83. The molecule has 0 aromatic rings. The van der Waals surface area contributed by atoms with E-state index in [0.29, 0.717) is 0 Å². The van der Waals surface area contributed by atoms with Crippen molar-refractivity contribution in [1.29, 1.82) is 0 Å². The first-order chi connectivity index (χ1) is 9.18. The van der Waals surface area contributed by atoms with Gasteiger partial charge in [0, 0.05) is 28.2 Å². The molecular formula is C10H20N6S4. The standard InChI is InChI=1S/C10H20N6S4/c1-13-5(17)9(11,6(18)14-2)10(12,7(19)15-3)8(20)16-4/h11-12H2,1-4H3,(H,13,17)(H,14,18)(H,15,19)(H,16,20). The number of nitrogens with one attached hydrogen (secondary N) is 4. The van der Waals surface area contributed by atoms with Gasteiger partial charge in [-0.2, -0.15) is 0 Å². The maximum atomic E-state index is 6.45. The second kappa shape index (κ2) is 7.48. The second-order valence-electron chi connectivity index (χ2n) is 3.93. The monoisotopic (exact) mass is 352 g/mol. The lowest BCUT2D eigenvalue weighted by Crippen LogP contribution is -2.84. The van der Waals surface area contributed by atoms with Crippen LogP contribution < -0.4 is 32.7 Å². The number of nitrogens with two attached hydrogens (primary N) is 2. The third kappa shape index (κ3) is 2.90. The molecule has 0 aromatic carbocycles. The lowest BCUT2D eigenvalue weighted by atomic mass is 9.76. The summed E-state index contributed by atoms with van der Waals surface area (Å²) in [5.41, 5.74) is 9.96. The van der Waals surface area contributed by atoms with Gasteiger partial charge in [0.25, 0.3) is 0 Å². The zero-order chi connectivity index (χ0) is 16.1. The molecule has 0 saturated heterocycles. The Labute approximate surface area is 140 Å². The van der Waals surface area contributed by atoms with Crippen LogP contribution in [0.5, 0.6) is 0 Å². The molecule has 8 N–H and O–H groups in total. The molecule has 0 spiro atoms.